The molecular formula is C37H57N7O7S. The van der Waals surface area contributed by atoms with Crippen LogP contribution in [-0.2, 0) is 29.2 Å². The number of carbonyl (C=O) groups excluding carboxylic acids is 5. The van der Waals surface area contributed by atoms with Crippen LogP contribution in [0.3, 0.4) is 0 Å². The minimum Gasteiger partial charge on any atom is -0.346 e. The van der Waals surface area contributed by atoms with Gasteiger partial charge >= 0.3 is 6.03 Å². The highest BCUT2D eigenvalue weighted by atomic mass is 32.2. The van der Waals surface area contributed by atoms with Crippen LogP contribution in [0.1, 0.15) is 74.7 Å². The Kier molecular flexibility index (Phi) is 12.0. The van der Waals surface area contributed by atoms with Gasteiger partial charge in [-0.3, -0.25) is 19.2 Å². The van der Waals surface area contributed by atoms with Gasteiger partial charge < -0.3 is 26.2 Å². The lowest BCUT2D eigenvalue weighted by atomic mass is 9.85. The summed E-state index contributed by atoms with van der Waals surface area (Å²) in [6.45, 7) is 19.1. The fourth-order valence-corrected chi connectivity index (χ4v) is 8.20. The first-order valence-electron chi connectivity index (χ1n) is 18.0. The van der Waals surface area contributed by atoms with Crippen molar-refractivity contribution in [1.82, 2.24) is 35.5 Å². The molecule has 1 saturated heterocycles. The highest BCUT2D eigenvalue weighted by molar-refractivity contribution is 7.89. The van der Waals surface area contributed by atoms with Crippen LogP contribution in [0, 0.1) is 34.0 Å². The van der Waals surface area contributed by atoms with Crippen molar-refractivity contribution in [3.8, 4) is 0 Å². The number of Topliss-reactive ketones (excluding diaryl/α,β-unsaturated/α-hetero) is 1. The largest absolute Gasteiger partial charge is 0.346 e. The Labute approximate surface area is 308 Å². The van der Waals surface area contributed by atoms with Crippen molar-refractivity contribution in [2.24, 2.45) is 34.0 Å². The first-order chi connectivity index (χ1) is 24.0. The summed E-state index contributed by atoms with van der Waals surface area (Å²) in [5, 5.41) is 11.0. The third kappa shape index (κ3) is 9.20. The molecule has 5 amide bonds. The van der Waals surface area contributed by atoms with E-state index in [1.165, 1.54) is 30.3 Å². The smallest absolute Gasteiger partial charge is 0.315 e. The Balaban J connectivity index is 1.52. The summed E-state index contributed by atoms with van der Waals surface area (Å²) in [5.41, 5.74) is -1.60. The van der Waals surface area contributed by atoms with Crippen LogP contribution < -0.4 is 21.3 Å². The van der Waals surface area contributed by atoms with E-state index in [1.807, 2.05) is 55.4 Å². The maximum Gasteiger partial charge on any atom is 0.315 e. The molecule has 2 heterocycles. The SMILES string of the molecule is C=CCNC(=O)C(=O)C(CC1CC1)NC(=O)[C@@H]1[C@@H]2[C@H](CN1C(=O)[C@@H](NC(=O)N[C@H](CN(C)S(=O)(=O)c1ccccn1)C(C)(C)C)C(C)(C)C)C2(C)C. The van der Waals surface area contributed by atoms with Crippen molar-refractivity contribution in [3.63, 3.8) is 0 Å². The lowest BCUT2D eigenvalue weighted by molar-refractivity contribution is -0.145. The van der Waals surface area contributed by atoms with Crippen LogP contribution in [-0.4, -0.2) is 103 Å². The minimum atomic E-state index is -3.95. The van der Waals surface area contributed by atoms with Crippen LogP contribution in [0.4, 0.5) is 4.79 Å². The fourth-order valence-electron chi connectivity index (χ4n) is 7.10. The molecule has 0 aromatic carbocycles. The van der Waals surface area contributed by atoms with Gasteiger partial charge in [-0.15, -0.1) is 6.58 Å². The molecule has 52 heavy (non-hydrogen) atoms. The number of amides is 5. The van der Waals surface area contributed by atoms with E-state index in [0.29, 0.717) is 13.0 Å². The predicted molar refractivity (Wildman–Crippen MR) is 196 cm³/mol. The lowest BCUT2D eigenvalue weighted by Gasteiger charge is -2.39. The average Bonchev–Trinajstić information content (AvgIpc) is 3.91. The number of likely N-dealkylation sites (N-methyl/N-ethyl adjacent to an activating group) is 1. The Morgan fingerprint density at radius 1 is 1.04 bits per heavy atom. The molecule has 0 radical (unpaired) electrons. The molecule has 288 valence electrons. The number of pyridine rings is 1. The van der Waals surface area contributed by atoms with Crippen molar-refractivity contribution in [2.75, 3.05) is 26.7 Å². The predicted octanol–water partition coefficient (Wildman–Crippen LogP) is 2.47. The molecule has 2 saturated carbocycles. The lowest BCUT2D eigenvalue weighted by Crippen LogP contribution is -2.62. The van der Waals surface area contributed by atoms with Gasteiger partial charge in [0.15, 0.2) is 5.03 Å². The Hall–Kier alpha value is -3.85. The normalized spacial score (nSPS) is 22.7. The van der Waals surface area contributed by atoms with Gasteiger partial charge in [0.25, 0.3) is 15.9 Å². The number of nitrogens with zero attached hydrogens (tertiary/aromatic N) is 3. The standard InChI is InChI=1S/C37H57N7O7S/c1-11-17-39-32(47)29(45)24(19-22-15-16-22)40-31(46)28-27-23(37(27,8)9)20-44(28)33(48)30(36(5,6)7)42-34(49)41-25(35(2,3)4)21-43(10)52(50,51)26-14-12-13-18-38-26/h11-14,18,22-25,27-28,30H,1,15-17,19-21H2,2-10H3,(H,39,47)(H,40,46)(H2,41,42,49)/t23-,24?,25+,27-,28-,30+/m0/s1. The van der Waals surface area contributed by atoms with E-state index in [0.717, 1.165) is 17.1 Å². The molecule has 3 aliphatic rings. The maximum absolute atomic E-state index is 14.5. The molecule has 0 spiro atoms. The number of hydrogen-bond donors (Lipinski definition) is 4. The second-order valence-electron chi connectivity index (χ2n) is 17.3. The van der Waals surface area contributed by atoms with Crippen LogP contribution in [0.5, 0.6) is 0 Å². The zero-order valence-corrected chi connectivity index (χ0v) is 32.8. The molecule has 1 aromatic rings. The fraction of sp³-hybridized carbons (Fsp3) is 0.676. The molecule has 1 aliphatic heterocycles. The van der Waals surface area contributed by atoms with Gasteiger partial charge in [-0.25, -0.2) is 18.2 Å². The number of carbonyl (C=O) groups is 5. The third-order valence-corrected chi connectivity index (χ3v) is 12.5. The van der Waals surface area contributed by atoms with Gasteiger partial charge in [0.2, 0.25) is 17.6 Å². The van der Waals surface area contributed by atoms with Crippen LogP contribution in [0.2, 0.25) is 0 Å². The van der Waals surface area contributed by atoms with Gasteiger partial charge in [0.05, 0.1) is 6.04 Å². The first-order valence-corrected chi connectivity index (χ1v) is 19.4. The van der Waals surface area contributed by atoms with Crippen LogP contribution in [0.15, 0.2) is 42.1 Å². The molecule has 14 nitrogen and oxygen atoms in total. The monoisotopic (exact) mass is 743 g/mol. The summed E-state index contributed by atoms with van der Waals surface area (Å²) in [7, 11) is -2.53. The summed E-state index contributed by atoms with van der Waals surface area (Å²) in [4.78, 5) is 73.6. The van der Waals surface area contributed by atoms with Gasteiger partial charge in [0, 0.05) is 38.9 Å². The molecule has 3 fully saturated rings. The topological polar surface area (TPSA) is 187 Å². The van der Waals surface area contributed by atoms with Crippen LogP contribution in [0.25, 0.3) is 0 Å². The zero-order chi connectivity index (χ0) is 39.0. The van der Waals surface area contributed by atoms with Gasteiger partial charge in [0.1, 0.15) is 12.1 Å². The summed E-state index contributed by atoms with van der Waals surface area (Å²) in [6, 6.07) is 0.279. The number of fused-ring (bicyclic) bond motifs is 1. The molecule has 4 N–H and O–H groups in total. The Bertz CT molecular complexity index is 1650. The Morgan fingerprint density at radius 2 is 1.69 bits per heavy atom. The van der Waals surface area contributed by atoms with E-state index in [1.54, 1.807) is 12.1 Å². The maximum atomic E-state index is 14.5. The van der Waals surface area contributed by atoms with E-state index in [-0.39, 0.29) is 41.3 Å². The second kappa shape index (κ2) is 15.2. The van der Waals surface area contributed by atoms with Crippen molar-refractivity contribution in [1.29, 1.82) is 0 Å². The highest BCUT2D eigenvalue weighted by Gasteiger charge is 2.70. The second-order valence-corrected chi connectivity index (χ2v) is 19.3. The Morgan fingerprint density at radius 3 is 2.23 bits per heavy atom. The van der Waals surface area contributed by atoms with Gasteiger partial charge in [-0.2, -0.15) is 4.31 Å². The molecule has 1 aromatic heterocycles. The summed E-state index contributed by atoms with van der Waals surface area (Å²) < 4.78 is 27.6. The van der Waals surface area contributed by atoms with E-state index >= 15 is 0 Å². The van der Waals surface area contributed by atoms with Gasteiger partial charge in [-0.1, -0.05) is 80.4 Å². The number of ketones is 1. The number of rotatable bonds is 15. The molecule has 0 bridgehead atoms. The summed E-state index contributed by atoms with van der Waals surface area (Å²) >= 11 is 0. The molecule has 6 atom stereocenters. The molecular weight excluding hydrogens is 687 g/mol. The quantitative estimate of drug-likeness (QED) is 0.156. The molecule has 1 unspecified atom stereocenters. The number of piperidine rings is 1. The van der Waals surface area contributed by atoms with E-state index < -0.39 is 74.6 Å². The third-order valence-electron chi connectivity index (χ3n) is 10.8. The van der Waals surface area contributed by atoms with Crippen molar-refractivity contribution < 1.29 is 32.4 Å². The molecule has 4 rings (SSSR count). The van der Waals surface area contributed by atoms with E-state index in [9.17, 15) is 32.4 Å². The number of hydrogen-bond acceptors (Lipinski definition) is 8. The van der Waals surface area contributed by atoms with Crippen molar-refractivity contribution in [2.45, 2.75) is 104 Å². The molecule has 2 aliphatic carbocycles. The molecule has 15 heteroatoms. The zero-order valence-electron chi connectivity index (χ0n) is 32.0. The number of sulfonamides is 1. The number of urea groups is 1. The van der Waals surface area contributed by atoms with E-state index in [2.05, 4.69) is 32.8 Å². The minimum absolute atomic E-state index is 0.0389. The van der Waals surface area contributed by atoms with Crippen LogP contribution >= 0.6 is 0 Å². The summed E-state index contributed by atoms with van der Waals surface area (Å²) in [5.74, 6) is -2.37. The van der Waals surface area contributed by atoms with Gasteiger partial charge in [-0.05, 0) is 52.6 Å². The number of nitrogens with one attached hydrogen (secondary N) is 4. The van der Waals surface area contributed by atoms with E-state index in [4.69, 9.17) is 0 Å². The first kappa shape index (κ1) is 40.9. The summed E-state index contributed by atoms with van der Waals surface area (Å²) in [6.07, 6.45) is 5.02. The number of aromatic nitrogens is 1. The number of likely N-dealkylation sites (tertiary alicyclic amines) is 1. The van der Waals surface area contributed by atoms with Crippen molar-refractivity contribution in [3.05, 3.63) is 37.1 Å². The average molecular weight is 744 g/mol. The highest BCUT2D eigenvalue weighted by Crippen LogP contribution is 2.65. The van der Waals surface area contributed by atoms with Crippen molar-refractivity contribution >= 4 is 39.6 Å².